The van der Waals surface area contributed by atoms with Crippen LogP contribution in [-0.2, 0) is 4.79 Å². The van der Waals surface area contributed by atoms with Crippen molar-refractivity contribution in [2.24, 2.45) is 0 Å². The van der Waals surface area contributed by atoms with Gasteiger partial charge >= 0.3 is 0 Å². The fourth-order valence-electron chi connectivity index (χ4n) is 2.02. The second-order valence-electron chi connectivity index (χ2n) is 6.45. The lowest BCUT2D eigenvalue weighted by atomic mass is 10.2. The van der Waals surface area contributed by atoms with Crippen molar-refractivity contribution >= 4 is 23.4 Å². The van der Waals surface area contributed by atoms with Gasteiger partial charge in [0.15, 0.2) is 5.75 Å². The molecule has 4 nitrogen and oxygen atoms in total. The maximum absolute atomic E-state index is 12.2. The standard InChI is InChI=1S/C20H25NO3S/c1-5-23-15-10-12-16(13-11-15)24-18-9-7-6-8-17(18)21-19(22)14-25-20(2,3)4/h6-13H,5,14H2,1-4H3,(H,21,22). The minimum absolute atomic E-state index is 0.0392. The number of hydrogen-bond donors (Lipinski definition) is 1. The van der Waals surface area contributed by atoms with Gasteiger partial charge in [0.05, 0.1) is 18.0 Å². The molecule has 134 valence electrons. The maximum Gasteiger partial charge on any atom is 0.234 e. The van der Waals surface area contributed by atoms with Gasteiger partial charge in [0.25, 0.3) is 0 Å². The molecular weight excluding hydrogens is 334 g/mol. The topological polar surface area (TPSA) is 47.6 Å². The van der Waals surface area contributed by atoms with E-state index in [2.05, 4.69) is 26.1 Å². The Labute approximate surface area is 153 Å². The number of hydrogen-bond acceptors (Lipinski definition) is 4. The van der Waals surface area contributed by atoms with Crippen LogP contribution < -0.4 is 14.8 Å². The second-order valence-corrected chi connectivity index (χ2v) is 8.25. The van der Waals surface area contributed by atoms with Crippen molar-refractivity contribution in [2.75, 3.05) is 17.7 Å². The molecule has 0 fully saturated rings. The first-order valence-corrected chi connectivity index (χ1v) is 9.29. The molecule has 1 amide bonds. The van der Waals surface area contributed by atoms with Crippen molar-refractivity contribution in [1.82, 2.24) is 0 Å². The Balaban J connectivity index is 2.03. The minimum atomic E-state index is -0.0392. The summed E-state index contributed by atoms with van der Waals surface area (Å²) in [6, 6.07) is 14.8. The molecule has 25 heavy (non-hydrogen) atoms. The van der Waals surface area contributed by atoms with Crippen molar-refractivity contribution in [3.8, 4) is 17.2 Å². The summed E-state index contributed by atoms with van der Waals surface area (Å²) in [6.07, 6.45) is 0. The summed E-state index contributed by atoms with van der Waals surface area (Å²) in [4.78, 5) is 12.2. The highest BCUT2D eigenvalue weighted by Gasteiger charge is 2.14. The number of nitrogens with one attached hydrogen (secondary N) is 1. The molecule has 0 aliphatic rings. The fraction of sp³-hybridized carbons (Fsp3) is 0.350. The summed E-state index contributed by atoms with van der Waals surface area (Å²) in [5.74, 6) is 2.47. The van der Waals surface area contributed by atoms with Gasteiger partial charge in [-0.05, 0) is 43.3 Å². The molecule has 5 heteroatoms. The summed E-state index contributed by atoms with van der Waals surface area (Å²) in [5.41, 5.74) is 0.663. The van der Waals surface area contributed by atoms with Crippen LogP contribution in [0.3, 0.4) is 0 Å². The molecule has 0 saturated heterocycles. The fourth-order valence-corrected chi connectivity index (χ4v) is 2.66. The average molecular weight is 359 g/mol. The van der Waals surface area contributed by atoms with Crippen LogP contribution in [0.1, 0.15) is 27.7 Å². The van der Waals surface area contributed by atoms with Gasteiger partial charge in [-0.3, -0.25) is 4.79 Å². The smallest absolute Gasteiger partial charge is 0.234 e. The van der Waals surface area contributed by atoms with E-state index in [4.69, 9.17) is 9.47 Å². The van der Waals surface area contributed by atoms with Crippen LogP contribution in [0.5, 0.6) is 17.2 Å². The van der Waals surface area contributed by atoms with Gasteiger partial charge in [-0.25, -0.2) is 0 Å². The molecule has 0 aliphatic carbocycles. The predicted molar refractivity (Wildman–Crippen MR) is 105 cm³/mol. The Bertz CT molecular complexity index is 693. The van der Waals surface area contributed by atoms with Gasteiger partial charge < -0.3 is 14.8 Å². The number of para-hydroxylation sites is 2. The lowest BCUT2D eigenvalue weighted by Crippen LogP contribution is -2.19. The highest BCUT2D eigenvalue weighted by Crippen LogP contribution is 2.31. The lowest BCUT2D eigenvalue weighted by molar-refractivity contribution is -0.113. The lowest BCUT2D eigenvalue weighted by Gasteiger charge is -2.17. The van der Waals surface area contributed by atoms with Crippen LogP contribution in [0, 0.1) is 0 Å². The van der Waals surface area contributed by atoms with Gasteiger partial charge in [-0.1, -0.05) is 32.9 Å². The van der Waals surface area contributed by atoms with Crippen LogP contribution in [0.25, 0.3) is 0 Å². The van der Waals surface area contributed by atoms with E-state index < -0.39 is 0 Å². The summed E-state index contributed by atoms with van der Waals surface area (Å²) >= 11 is 1.61. The van der Waals surface area contributed by atoms with Crippen LogP contribution in [0.2, 0.25) is 0 Å². The molecule has 0 unspecified atom stereocenters. The number of ether oxygens (including phenoxy) is 2. The van der Waals surface area contributed by atoms with E-state index in [9.17, 15) is 4.79 Å². The molecule has 0 radical (unpaired) electrons. The van der Waals surface area contributed by atoms with Crippen molar-refractivity contribution in [1.29, 1.82) is 0 Å². The molecule has 2 rings (SSSR count). The molecule has 0 saturated carbocycles. The Morgan fingerprint density at radius 1 is 1.04 bits per heavy atom. The Morgan fingerprint density at radius 3 is 2.32 bits per heavy atom. The second kappa shape index (κ2) is 8.81. The third kappa shape index (κ3) is 6.70. The number of anilines is 1. The number of amides is 1. The number of carbonyl (C=O) groups excluding carboxylic acids is 1. The van der Waals surface area contributed by atoms with E-state index in [1.165, 1.54) is 0 Å². The monoisotopic (exact) mass is 359 g/mol. The number of benzene rings is 2. The Kier molecular flexibility index (Phi) is 6.76. The molecule has 2 aromatic rings. The van der Waals surface area contributed by atoms with E-state index in [1.54, 1.807) is 11.8 Å². The molecule has 2 aromatic carbocycles. The van der Waals surface area contributed by atoms with Crippen LogP contribution in [-0.4, -0.2) is 23.0 Å². The Morgan fingerprint density at radius 2 is 1.68 bits per heavy atom. The van der Waals surface area contributed by atoms with E-state index in [0.29, 0.717) is 29.5 Å². The molecule has 0 spiro atoms. The van der Waals surface area contributed by atoms with Crippen LogP contribution >= 0.6 is 11.8 Å². The molecule has 1 N–H and O–H groups in total. The zero-order valence-corrected chi connectivity index (χ0v) is 16.0. The summed E-state index contributed by atoms with van der Waals surface area (Å²) in [5, 5.41) is 2.93. The number of carbonyl (C=O) groups is 1. The largest absolute Gasteiger partial charge is 0.494 e. The quantitative estimate of drug-likeness (QED) is 0.724. The SMILES string of the molecule is CCOc1ccc(Oc2ccccc2NC(=O)CSC(C)(C)C)cc1. The third-order valence-electron chi connectivity index (χ3n) is 3.16. The van der Waals surface area contributed by atoms with E-state index >= 15 is 0 Å². The first kappa shape index (κ1) is 19.2. The third-order valence-corrected chi connectivity index (χ3v) is 4.43. The molecule has 0 aliphatic heterocycles. The van der Waals surface area contributed by atoms with Gasteiger partial charge in [0.2, 0.25) is 5.91 Å². The first-order valence-electron chi connectivity index (χ1n) is 8.31. The van der Waals surface area contributed by atoms with Crippen molar-refractivity contribution in [3.63, 3.8) is 0 Å². The zero-order chi connectivity index (χ0) is 18.3. The Hall–Kier alpha value is -2.14. The van der Waals surface area contributed by atoms with E-state index in [0.717, 1.165) is 5.75 Å². The predicted octanol–water partition coefficient (Wildman–Crippen LogP) is 5.35. The van der Waals surface area contributed by atoms with Gasteiger partial charge in [-0.15, -0.1) is 11.8 Å². The molecular formula is C20H25NO3S. The summed E-state index contributed by atoms with van der Waals surface area (Å²) in [6.45, 7) is 8.85. The molecule has 0 heterocycles. The zero-order valence-electron chi connectivity index (χ0n) is 15.2. The van der Waals surface area contributed by atoms with Crippen molar-refractivity contribution in [3.05, 3.63) is 48.5 Å². The van der Waals surface area contributed by atoms with Crippen LogP contribution in [0.15, 0.2) is 48.5 Å². The van der Waals surface area contributed by atoms with Crippen molar-refractivity contribution in [2.45, 2.75) is 32.4 Å². The van der Waals surface area contributed by atoms with Gasteiger partial charge in [0, 0.05) is 4.75 Å². The average Bonchev–Trinajstić information content (AvgIpc) is 2.56. The summed E-state index contributed by atoms with van der Waals surface area (Å²) in [7, 11) is 0. The number of thioether (sulfide) groups is 1. The van der Waals surface area contributed by atoms with Crippen molar-refractivity contribution < 1.29 is 14.3 Å². The first-order chi connectivity index (χ1) is 11.9. The molecule has 0 bridgehead atoms. The minimum Gasteiger partial charge on any atom is -0.494 e. The van der Waals surface area contributed by atoms with Gasteiger partial charge in [-0.2, -0.15) is 0 Å². The number of rotatable bonds is 7. The van der Waals surface area contributed by atoms with Crippen LogP contribution in [0.4, 0.5) is 5.69 Å². The maximum atomic E-state index is 12.2. The molecule has 0 aromatic heterocycles. The molecule has 0 atom stereocenters. The summed E-state index contributed by atoms with van der Waals surface area (Å²) < 4.78 is 11.4. The highest BCUT2D eigenvalue weighted by atomic mass is 32.2. The van der Waals surface area contributed by atoms with E-state index in [1.807, 2.05) is 55.5 Å². The highest BCUT2D eigenvalue weighted by molar-refractivity contribution is 8.01. The normalized spacial score (nSPS) is 11.0. The van der Waals surface area contributed by atoms with Gasteiger partial charge in [0.1, 0.15) is 11.5 Å². The van der Waals surface area contributed by atoms with E-state index in [-0.39, 0.29) is 10.7 Å².